The highest BCUT2D eigenvalue weighted by Gasteiger charge is 2.20. The fourth-order valence-corrected chi connectivity index (χ4v) is 3.35. The Bertz CT molecular complexity index is 643. The van der Waals surface area contributed by atoms with Crippen molar-refractivity contribution < 1.29 is 4.79 Å². The van der Waals surface area contributed by atoms with Crippen LogP contribution in [0.5, 0.6) is 0 Å². The van der Waals surface area contributed by atoms with Gasteiger partial charge in [0, 0.05) is 21.8 Å². The molecule has 1 aliphatic heterocycles. The van der Waals surface area contributed by atoms with E-state index >= 15 is 0 Å². The molecule has 0 amide bonds. The molecule has 18 heavy (non-hydrogen) atoms. The van der Waals surface area contributed by atoms with Crippen LogP contribution in [-0.2, 0) is 6.42 Å². The lowest BCUT2D eigenvalue weighted by molar-refractivity contribution is 0.104. The normalized spacial score (nSPS) is 12.4. The predicted molar refractivity (Wildman–Crippen MR) is 74.3 cm³/mol. The molecule has 0 spiro atoms. The summed E-state index contributed by atoms with van der Waals surface area (Å²) in [6.45, 7) is 3.57. The molecule has 0 aliphatic carbocycles. The lowest BCUT2D eigenvalue weighted by atomic mass is 9.96. The zero-order valence-corrected chi connectivity index (χ0v) is 10.7. The van der Waals surface area contributed by atoms with Crippen molar-refractivity contribution in [3.63, 3.8) is 0 Å². The van der Waals surface area contributed by atoms with E-state index in [1.54, 1.807) is 11.8 Å². The maximum atomic E-state index is 11.9. The molecule has 1 nitrogen and oxygen atoms in total. The molecular formula is C16H12OS. The predicted octanol–water partition coefficient (Wildman–Crippen LogP) is 4.11. The maximum Gasteiger partial charge on any atom is 0.185 e. The summed E-state index contributed by atoms with van der Waals surface area (Å²) in [5.41, 5.74) is 3.20. The van der Waals surface area contributed by atoms with E-state index in [9.17, 15) is 4.79 Å². The average Bonchev–Trinajstić information content (AvgIpc) is 2.43. The van der Waals surface area contributed by atoms with Gasteiger partial charge in [0.05, 0.1) is 0 Å². The van der Waals surface area contributed by atoms with Crippen LogP contribution in [0.3, 0.4) is 0 Å². The van der Waals surface area contributed by atoms with Gasteiger partial charge in [0.1, 0.15) is 0 Å². The van der Waals surface area contributed by atoms with Crippen LogP contribution in [0.1, 0.15) is 21.5 Å². The number of ketones is 1. The van der Waals surface area contributed by atoms with Crippen LogP contribution in [0.15, 0.2) is 64.9 Å². The standard InChI is InChI=1S/C16H12OS/c1-2-14(17)12-7-5-9-16-13(12)10-11-6-3-4-8-15(11)18-16/h2-9H,1,10H2. The molecule has 2 aromatic carbocycles. The Morgan fingerprint density at radius 3 is 2.72 bits per heavy atom. The number of carbonyl (C=O) groups is 1. The van der Waals surface area contributed by atoms with Crippen LogP contribution in [0.4, 0.5) is 0 Å². The zero-order chi connectivity index (χ0) is 12.5. The third-order valence-electron chi connectivity index (χ3n) is 3.14. The minimum absolute atomic E-state index is 0.00633. The molecule has 0 saturated heterocycles. The summed E-state index contributed by atoms with van der Waals surface area (Å²) < 4.78 is 0. The van der Waals surface area contributed by atoms with Gasteiger partial charge in [0.15, 0.2) is 5.78 Å². The first-order chi connectivity index (χ1) is 8.79. The van der Waals surface area contributed by atoms with Crippen LogP contribution in [0.2, 0.25) is 0 Å². The first kappa shape index (κ1) is 11.3. The molecule has 0 saturated carbocycles. The second-order valence-electron chi connectivity index (χ2n) is 4.24. The Kier molecular flexibility index (Phi) is 2.80. The van der Waals surface area contributed by atoms with Gasteiger partial charge in [-0.25, -0.2) is 0 Å². The third-order valence-corrected chi connectivity index (χ3v) is 4.36. The van der Waals surface area contributed by atoms with E-state index in [1.165, 1.54) is 21.4 Å². The van der Waals surface area contributed by atoms with Crippen molar-refractivity contribution in [1.82, 2.24) is 0 Å². The Labute approximate surface area is 111 Å². The molecular weight excluding hydrogens is 240 g/mol. The quantitative estimate of drug-likeness (QED) is 0.504. The largest absolute Gasteiger partial charge is 0.289 e. The summed E-state index contributed by atoms with van der Waals surface area (Å²) in [5, 5.41) is 0. The van der Waals surface area contributed by atoms with Gasteiger partial charge in [0.25, 0.3) is 0 Å². The van der Waals surface area contributed by atoms with E-state index in [-0.39, 0.29) is 5.78 Å². The molecule has 88 valence electrons. The van der Waals surface area contributed by atoms with Crippen molar-refractivity contribution in [1.29, 1.82) is 0 Å². The van der Waals surface area contributed by atoms with Crippen molar-refractivity contribution in [3.05, 3.63) is 71.8 Å². The Balaban J connectivity index is 2.13. The SMILES string of the molecule is C=CC(=O)c1cccc2c1Cc1ccccc1S2. The van der Waals surface area contributed by atoms with Crippen LogP contribution >= 0.6 is 11.8 Å². The highest BCUT2D eigenvalue weighted by molar-refractivity contribution is 7.99. The van der Waals surface area contributed by atoms with Gasteiger partial charge >= 0.3 is 0 Å². The van der Waals surface area contributed by atoms with Crippen LogP contribution in [0.25, 0.3) is 0 Å². The van der Waals surface area contributed by atoms with E-state index in [0.29, 0.717) is 0 Å². The van der Waals surface area contributed by atoms with Crippen molar-refractivity contribution >= 4 is 17.5 Å². The Morgan fingerprint density at radius 2 is 1.89 bits per heavy atom. The van der Waals surface area contributed by atoms with E-state index in [0.717, 1.165) is 17.5 Å². The van der Waals surface area contributed by atoms with E-state index in [4.69, 9.17) is 0 Å². The summed E-state index contributed by atoms with van der Waals surface area (Å²) in [6, 6.07) is 14.3. The van der Waals surface area contributed by atoms with E-state index in [1.807, 2.05) is 18.2 Å². The fraction of sp³-hybridized carbons (Fsp3) is 0.0625. The molecule has 3 rings (SSSR count). The monoisotopic (exact) mass is 252 g/mol. The lowest BCUT2D eigenvalue weighted by Gasteiger charge is -2.20. The molecule has 0 unspecified atom stereocenters. The first-order valence-corrected chi connectivity index (χ1v) is 6.65. The minimum atomic E-state index is 0.00633. The zero-order valence-electron chi connectivity index (χ0n) is 9.85. The average molecular weight is 252 g/mol. The second-order valence-corrected chi connectivity index (χ2v) is 5.32. The third kappa shape index (κ3) is 1.79. The second kappa shape index (κ2) is 4.46. The topological polar surface area (TPSA) is 17.1 Å². The van der Waals surface area contributed by atoms with Crippen molar-refractivity contribution in [3.8, 4) is 0 Å². The molecule has 1 aliphatic rings. The summed E-state index contributed by atoms with van der Waals surface area (Å²) >= 11 is 1.74. The van der Waals surface area contributed by atoms with Crippen LogP contribution in [0, 0.1) is 0 Å². The summed E-state index contributed by atoms with van der Waals surface area (Å²) in [7, 11) is 0. The van der Waals surface area contributed by atoms with Gasteiger partial charge in [-0.05, 0) is 29.3 Å². The molecule has 0 bridgehead atoms. The molecule has 1 heterocycles. The molecule has 0 fully saturated rings. The first-order valence-electron chi connectivity index (χ1n) is 5.84. The fourth-order valence-electron chi connectivity index (χ4n) is 2.24. The van der Waals surface area contributed by atoms with Crippen LogP contribution in [-0.4, -0.2) is 5.78 Å². The lowest BCUT2D eigenvalue weighted by Crippen LogP contribution is -2.06. The van der Waals surface area contributed by atoms with Gasteiger partial charge in [-0.3, -0.25) is 4.79 Å². The highest BCUT2D eigenvalue weighted by atomic mass is 32.2. The molecule has 0 radical (unpaired) electrons. The summed E-state index contributed by atoms with van der Waals surface area (Å²) in [5.74, 6) is 0.00633. The van der Waals surface area contributed by atoms with Crippen molar-refractivity contribution in [2.75, 3.05) is 0 Å². The number of carbonyl (C=O) groups excluding carboxylic acids is 1. The maximum absolute atomic E-state index is 11.9. The van der Waals surface area contributed by atoms with Gasteiger partial charge in [-0.15, -0.1) is 0 Å². The Morgan fingerprint density at radius 1 is 1.11 bits per heavy atom. The van der Waals surface area contributed by atoms with Crippen molar-refractivity contribution in [2.45, 2.75) is 16.2 Å². The van der Waals surface area contributed by atoms with Gasteiger partial charge in [0.2, 0.25) is 0 Å². The Hall–Kier alpha value is -1.80. The number of fused-ring (bicyclic) bond motifs is 2. The van der Waals surface area contributed by atoms with Gasteiger partial charge in [-0.1, -0.05) is 48.7 Å². The van der Waals surface area contributed by atoms with E-state index < -0.39 is 0 Å². The van der Waals surface area contributed by atoms with Crippen LogP contribution < -0.4 is 0 Å². The molecule has 2 heteroatoms. The van der Waals surface area contributed by atoms with E-state index in [2.05, 4.69) is 30.8 Å². The number of rotatable bonds is 2. The number of benzene rings is 2. The number of hydrogen-bond donors (Lipinski definition) is 0. The van der Waals surface area contributed by atoms with Crippen molar-refractivity contribution in [2.24, 2.45) is 0 Å². The molecule has 0 atom stereocenters. The number of hydrogen-bond acceptors (Lipinski definition) is 2. The number of allylic oxidation sites excluding steroid dienone is 1. The summed E-state index contributed by atoms with van der Waals surface area (Å²) in [6.07, 6.45) is 2.22. The molecule has 2 aromatic rings. The van der Waals surface area contributed by atoms with Gasteiger partial charge < -0.3 is 0 Å². The smallest absolute Gasteiger partial charge is 0.185 e. The highest BCUT2D eigenvalue weighted by Crippen LogP contribution is 2.40. The van der Waals surface area contributed by atoms with Gasteiger partial charge in [-0.2, -0.15) is 0 Å². The molecule has 0 aromatic heterocycles. The summed E-state index contributed by atoms with van der Waals surface area (Å²) in [4.78, 5) is 14.3. The molecule has 0 N–H and O–H groups in total. The minimum Gasteiger partial charge on any atom is -0.289 e.